The van der Waals surface area contributed by atoms with Gasteiger partial charge in [0.25, 0.3) is 5.91 Å². The van der Waals surface area contributed by atoms with Crippen LogP contribution in [0.5, 0.6) is 0 Å². The molecule has 0 saturated heterocycles. The number of nitrogens with one attached hydrogen (secondary N) is 1. The van der Waals surface area contributed by atoms with Crippen molar-refractivity contribution in [2.75, 3.05) is 11.1 Å². The summed E-state index contributed by atoms with van der Waals surface area (Å²) in [6.07, 6.45) is 0. The van der Waals surface area contributed by atoms with E-state index < -0.39 is 5.82 Å². The third-order valence-corrected chi connectivity index (χ3v) is 3.01. The average molecular weight is 272 g/mol. The summed E-state index contributed by atoms with van der Waals surface area (Å²) >= 11 is 0. The summed E-state index contributed by atoms with van der Waals surface area (Å²) in [6.45, 7) is 4.09. The minimum Gasteiger partial charge on any atom is -0.399 e. The van der Waals surface area contributed by atoms with Gasteiger partial charge in [0.05, 0.1) is 0 Å². The lowest BCUT2D eigenvalue weighted by Gasteiger charge is -2.13. The summed E-state index contributed by atoms with van der Waals surface area (Å²) in [5.74, 6) is -0.610. The zero-order chi connectivity index (χ0) is 14.7. The predicted molar refractivity (Wildman–Crippen MR) is 79.3 cm³/mol. The summed E-state index contributed by atoms with van der Waals surface area (Å²) in [5.41, 5.74) is 7.75. The molecular formula is C16H17FN2O. The van der Waals surface area contributed by atoms with Crippen LogP contribution in [0, 0.1) is 5.82 Å². The van der Waals surface area contributed by atoms with Crippen LogP contribution in [0.2, 0.25) is 0 Å². The van der Waals surface area contributed by atoms with Crippen molar-refractivity contribution in [2.45, 2.75) is 19.8 Å². The number of hydrogen-bond donors (Lipinski definition) is 2. The number of benzene rings is 2. The smallest absolute Gasteiger partial charge is 0.255 e. The third-order valence-electron chi connectivity index (χ3n) is 3.01. The number of anilines is 2. The number of carbonyl (C=O) groups excluding carboxylic acids is 1. The van der Waals surface area contributed by atoms with E-state index in [1.807, 2.05) is 38.1 Å². The normalized spacial score (nSPS) is 10.6. The molecule has 0 heterocycles. The van der Waals surface area contributed by atoms with E-state index in [4.69, 9.17) is 5.73 Å². The second-order valence-electron chi connectivity index (χ2n) is 4.97. The maximum absolute atomic E-state index is 13.3. The number of nitrogens with two attached hydrogens (primary N) is 1. The molecule has 4 heteroatoms. The van der Waals surface area contributed by atoms with Crippen molar-refractivity contribution in [1.82, 2.24) is 0 Å². The lowest BCUT2D eigenvalue weighted by Crippen LogP contribution is -2.14. The molecule has 2 aromatic rings. The van der Waals surface area contributed by atoms with E-state index in [1.54, 1.807) is 0 Å². The maximum Gasteiger partial charge on any atom is 0.255 e. The quantitative estimate of drug-likeness (QED) is 0.835. The molecule has 2 rings (SSSR count). The topological polar surface area (TPSA) is 55.1 Å². The van der Waals surface area contributed by atoms with Crippen LogP contribution >= 0.6 is 0 Å². The first-order valence-corrected chi connectivity index (χ1v) is 6.43. The fourth-order valence-corrected chi connectivity index (χ4v) is 2.05. The summed E-state index contributed by atoms with van der Waals surface area (Å²) in [6, 6.07) is 11.4. The van der Waals surface area contributed by atoms with Gasteiger partial charge in [0, 0.05) is 16.9 Å². The Balaban J connectivity index is 2.28. The number of halogens is 1. The molecule has 0 saturated carbocycles. The number of rotatable bonds is 3. The second-order valence-corrected chi connectivity index (χ2v) is 4.97. The number of nitrogen functional groups attached to an aromatic ring is 1. The van der Waals surface area contributed by atoms with Crippen LogP contribution < -0.4 is 11.1 Å². The SMILES string of the molecule is CC(C)c1ccccc1NC(=O)c1cc(N)cc(F)c1. The van der Waals surface area contributed by atoms with Crippen LogP contribution in [0.1, 0.15) is 35.7 Å². The highest BCUT2D eigenvalue weighted by Crippen LogP contribution is 2.24. The zero-order valence-corrected chi connectivity index (χ0v) is 11.5. The van der Waals surface area contributed by atoms with E-state index in [0.29, 0.717) is 0 Å². The fraction of sp³-hybridized carbons (Fsp3) is 0.188. The zero-order valence-electron chi connectivity index (χ0n) is 11.5. The lowest BCUT2D eigenvalue weighted by atomic mass is 10.0. The Morgan fingerprint density at radius 3 is 2.55 bits per heavy atom. The summed E-state index contributed by atoms with van der Waals surface area (Å²) in [7, 11) is 0. The monoisotopic (exact) mass is 272 g/mol. The van der Waals surface area contributed by atoms with Gasteiger partial charge in [-0.25, -0.2) is 4.39 Å². The fourth-order valence-electron chi connectivity index (χ4n) is 2.05. The molecule has 0 fully saturated rings. The molecule has 20 heavy (non-hydrogen) atoms. The van der Waals surface area contributed by atoms with E-state index in [1.165, 1.54) is 18.2 Å². The molecule has 3 nitrogen and oxygen atoms in total. The van der Waals surface area contributed by atoms with Crippen LogP contribution in [0.25, 0.3) is 0 Å². The van der Waals surface area contributed by atoms with Gasteiger partial charge in [0.1, 0.15) is 5.82 Å². The highest BCUT2D eigenvalue weighted by Gasteiger charge is 2.12. The van der Waals surface area contributed by atoms with Gasteiger partial charge in [-0.3, -0.25) is 4.79 Å². The third kappa shape index (κ3) is 3.15. The molecule has 0 aliphatic carbocycles. The van der Waals surface area contributed by atoms with Crippen molar-refractivity contribution in [1.29, 1.82) is 0 Å². The van der Waals surface area contributed by atoms with Gasteiger partial charge in [0.15, 0.2) is 0 Å². The Bertz CT molecular complexity index is 618. The molecule has 104 valence electrons. The van der Waals surface area contributed by atoms with Crippen molar-refractivity contribution in [3.8, 4) is 0 Å². The van der Waals surface area contributed by atoms with E-state index in [2.05, 4.69) is 5.32 Å². The molecule has 0 spiro atoms. The lowest BCUT2D eigenvalue weighted by molar-refractivity contribution is 0.102. The molecule has 0 aliphatic rings. The van der Waals surface area contributed by atoms with E-state index in [9.17, 15) is 9.18 Å². The molecule has 1 amide bonds. The summed E-state index contributed by atoms with van der Waals surface area (Å²) in [5, 5.41) is 2.80. The van der Waals surface area contributed by atoms with Crippen LogP contribution in [0.15, 0.2) is 42.5 Å². The molecular weight excluding hydrogens is 255 g/mol. The first kappa shape index (κ1) is 14.1. The number of hydrogen-bond acceptors (Lipinski definition) is 2. The first-order chi connectivity index (χ1) is 9.47. The minimum atomic E-state index is -0.521. The number of para-hydroxylation sites is 1. The van der Waals surface area contributed by atoms with Crippen molar-refractivity contribution in [3.63, 3.8) is 0 Å². The Labute approximate surface area is 117 Å². The Kier molecular flexibility index (Phi) is 4.03. The number of amides is 1. The molecule has 0 bridgehead atoms. The molecule has 0 aromatic heterocycles. The van der Waals surface area contributed by atoms with Crippen molar-refractivity contribution in [2.24, 2.45) is 0 Å². The van der Waals surface area contributed by atoms with E-state index >= 15 is 0 Å². The molecule has 0 unspecified atom stereocenters. The van der Waals surface area contributed by atoms with Gasteiger partial charge in [-0.05, 0) is 35.7 Å². The average Bonchev–Trinajstić information content (AvgIpc) is 2.37. The molecule has 2 aromatic carbocycles. The highest BCUT2D eigenvalue weighted by atomic mass is 19.1. The van der Waals surface area contributed by atoms with Gasteiger partial charge in [0.2, 0.25) is 0 Å². The van der Waals surface area contributed by atoms with Crippen molar-refractivity contribution in [3.05, 3.63) is 59.4 Å². The molecule has 0 radical (unpaired) electrons. The van der Waals surface area contributed by atoms with Crippen molar-refractivity contribution < 1.29 is 9.18 Å². The maximum atomic E-state index is 13.3. The van der Waals surface area contributed by atoms with Gasteiger partial charge in [-0.1, -0.05) is 32.0 Å². The Morgan fingerprint density at radius 1 is 1.20 bits per heavy atom. The highest BCUT2D eigenvalue weighted by molar-refractivity contribution is 6.05. The van der Waals surface area contributed by atoms with Gasteiger partial charge < -0.3 is 11.1 Å². The minimum absolute atomic E-state index is 0.209. The Morgan fingerprint density at radius 2 is 1.90 bits per heavy atom. The summed E-state index contributed by atoms with van der Waals surface area (Å²) < 4.78 is 13.3. The standard InChI is InChI=1S/C16H17FN2O/c1-10(2)14-5-3-4-6-15(14)19-16(20)11-7-12(17)9-13(18)8-11/h3-10H,18H2,1-2H3,(H,19,20). The van der Waals surface area contributed by atoms with Crippen LogP contribution in [-0.2, 0) is 0 Å². The van der Waals surface area contributed by atoms with Crippen LogP contribution in [-0.4, -0.2) is 5.91 Å². The predicted octanol–water partition coefficient (Wildman–Crippen LogP) is 3.78. The van der Waals surface area contributed by atoms with Crippen LogP contribution in [0.3, 0.4) is 0 Å². The molecule has 0 aliphatic heterocycles. The van der Waals surface area contributed by atoms with E-state index in [0.717, 1.165) is 11.3 Å². The number of carbonyl (C=O) groups is 1. The first-order valence-electron chi connectivity index (χ1n) is 6.43. The van der Waals surface area contributed by atoms with E-state index in [-0.39, 0.29) is 23.1 Å². The van der Waals surface area contributed by atoms with Gasteiger partial charge in [-0.2, -0.15) is 0 Å². The summed E-state index contributed by atoms with van der Waals surface area (Å²) in [4.78, 5) is 12.2. The molecule has 0 atom stereocenters. The molecule has 3 N–H and O–H groups in total. The van der Waals surface area contributed by atoms with Crippen LogP contribution in [0.4, 0.5) is 15.8 Å². The second kappa shape index (κ2) is 5.74. The van der Waals surface area contributed by atoms with Crippen molar-refractivity contribution >= 4 is 17.3 Å². The van der Waals surface area contributed by atoms with Gasteiger partial charge in [-0.15, -0.1) is 0 Å². The van der Waals surface area contributed by atoms with Gasteiger partial charge >= 0.3 is 0 Å². The Hall–Kier alpha value is -2.36. The largest absolute Gasteiger partial charge is 0.399 e.